The summed E-state index contributed by atoms with van der Waals surface area (Å²) < 4.78 is 31.8. The molecule has 9 heteroatoms. The third kappa shape index (κ3) is 2.71. The van der Waals surface area contributed by atoms with Crippen molar-refractivity contribution in [2.45, 2.75) is 17.1 Å². The number of carbonyl (C=O) groups is 2. The maximum absolute atomic E-state index is 13.7. The third-order valence-corrected chi connectivity index (χ3v) is 3.71. The van der Waals surface area contributed by atoms with Crippen molar-refractivity contribution in [2.75, 3.05) is 7.11 Å². The molecule has 0 aromatic heterocycles. The van der Waals surface area contributed by atoms with Gasteiger partial charge in [-0.1, -0.05) is 30.3 Å². The number of halogens is 3. The van der Waals surface area contributed by atoms with Crippen LogP contribution in [0.1, 0.15) is 11.6 Å². The first-order valence-electron chi connectivity index (χ1n) is 6.21. The average Bonchev–Trinajstić information content (AvgIpc) is 2.45. The molecule has 0 radical (unpaired) electrons. The fourth-order valence-electron chi connectivity index (χ4n) is 2.37. The first kappa shape index (κ1) is 16.4. The molecule has 6 nitrogen and oxygen atoms in total. The van der Waals surface area contributed by atoms with Gasteiger partial charge in [0.25, 0.3) is 0 Å². The fourth-order valence-corrected chi connectivity index (χ4v) is 2.53. The number of esters is 1. The minimum Gasteiger partial charge on any atom is -0.469 e. The standard InChI is InChI=1S/C13H13ClF2N2O4/c1-22-10(19)8-9(7-5-3-2-4-6-7)17-11(20)18-12(8,21)13(14,15)16/h2-6,8-9,21H,1H3,(H2,17,18,20)/t8-,9-,12+/m0/s1. The molecule has 3 atom stereocenters. The minimum absolute atomic E-state index is 0.340. The highest BCUT2D eigenvalue weighted by Crippen LogP contribution is 2.44. The lowest BCUT2D eigenvalue weighted by Crippen LogP contribution is -2.72. The molecule has 1 heterocycles. The summed E-state index contributed by atoms with van der Waals surface area (Å²) in [6.07, 6.45) is 0. The number of rotatable bonds is 3. The molecule has 0 unspecified atom stereocenters. The molecule has 1 aliphatic heterocycles. The Hall–Kier alpha value is -1.93. The number of methoxy groups -OCH3 is 1. The normalized spacial score (nSPS) is 28.5. The van der Waals surface area contributed by atoms with Gasteiger partial charge < -0.3 is 20.5 Å². The van der Waals surface area contributed by atoms with Gasteiger partial charge in [0.15, 0.2) is 0 Å². The quantitative estimate of drug-likeness (QED) is 0.575. The molecule has 3 N–H and O–H groups in total. The van der Waals surface area contributed by atoms with Crippen LogP contribution in [-0.2, 0) is 9.53 Å². The topological polar surface area (TPSA) is 87.7 Å². The van der Waals surface area contributed by atoms with Crippen LogP contribution in [0.2, 0.25) is 0 Å². The molecule has 120 valence electrons. The maximum Gasteiger partial charge on any atom is 0.369 e. The summed E-state index contributed by atoms with van der Waals surface area (Å²) in [6, 6.07) is 5.56. The molecule has 2 rings (SSSR count). The second-order valence-electron chi connectivity index (χ2n) is 4.75. The van der Waals surface area contributed by atoms with E-state index in [1.165, 1.54) is 12.1 Å². The van der Waals surface area contributed by atoms with E-state index < -0.39 is 35.1 Å². The Balaban J connectivity index is 2.56. The van der Waals surface area contributed by atoms with Crippen LogP contribution in [-0.4, -0.2) is 35.3 Å². The van der Waals surface area contributed by atoms with Gasteiger partial charge in [0, 0.05) is 0 Å². The number of aliphatic hydroxyl groups is 1. The Kier molecular flexibility index (Phi) is 4.25. The molecule has 1 aromatic rings. The van der Waals surface area contributed by atoms with Crippen molar-refractivity contribution < 1.29 is 28.2 Å². The molecule has 1 aliphatic rings. The Bertz CT molecular complexity index is 581. The van der Waals surface area contributed by atoms with Crippen molar-refractivity contribution in [3.8, 4) is 0 Å². The van der Waals surface area contributed by atoms with Gasteiger partial charge in [-0.2, -0.15) is 8.78 Å². The summed E-state index contributed by atoms with van der Waals surface area (Å²) >= 11 is 4.93. The van der Waals surface area contributed by atoms with E-state index in [4.69, 9.17) is 11.6 Å². The van der Waals surface area contributed by atoms with E-state index in [0.717, 1.165) is 7.11 Å². The molecular formula is C13H13ClF2N2O4. The summed E-state index contributed by atoms with van der Waals surface area (Å²) in [4.78, 5) is 23.6. The number of nitrogens with one attached hydrogen (secondary N) is 2. The van der Waals surface area contributed by atoms with Crippen LogP contribution < -0.4 is 10.6 Å². The van der Waals surface area contributed by atoms with Crippen LogP contribution in [0.25, 0.3) is 0 Å². The SMILES string of the molecule is COC(=O)[C@@H]1[C@H](c2ccccc2)NC(=O)N[C@]1(O)C(F)(F)Cl. The molecule has 1 aromatic carbocycles. The number of hydrogen-bond acceptors (Lipinski definition) is 4. The van der Waals surface area contributed by atoms with Gasteiger partial charge in [-0.15, -0.1) is 0 Å². The highest BCUT2D eigenvalue weighted by Gasteiger charge is 2.65. The van der Waals surface area contributed by atoms with Crippen molar-refractivity contribution in [1.29, 1.82) is 0 Å². The first-order valence-corrected chi connectivity index (χ1v) is 6.59. The number of carbonyl (C=O) groups excluding carboxylic acids is 2. The molecular weight excluding hydrogens is 322 g/mol. The van der Waals surface area contributed by atoms with Crippen molar-refractivity contribution >= 4 is 23.6 Å². The van der Waals surface area contributed by atoms with E-state index >= 15 is 0 Å². The van der Waals surface area contributed by atoms with Gasteiger partial charge in [0.1, 0.15) is 5.92 Å². The zero-order chi connectivity index (χ0) is 16.5. The smallest absolute Gasteiger partial charge is 0.369 e. The summed E-state index contributed by atoms with van der Waals surface area (Å²) in [5.41, 5.74) is -2.96. The third-order valence-electron chi connectivity index (χ3n) is 3.42. The number of amides is 2. The van der Waals surface area contributed by atoms with Gasteiger partial charge in [0.05, 0.1) is 13.2 Å². The van der Waals surface area contributed by atoms with E-state index in [1.54, 1.807) is 23.5 Å². The number of alkyl halides is 3. The van der Waals surface area contributed by atoms with E-state index in [2.05, 4.69) is 10.1 Å². The van der Waals surface area contributed by atoms with Gasteiger partial charge >= 0.3 is 17.4 Å². The maximum atomic E-state index is 13.7. The Labute approximate surface area is 129 Å². The summed E-state index contributed by atoms with van der Waals surface area (Å²) in [5, 5.41) is 9.86. The van der Waals surface area contributed by atoms with E-state index in [9.17, 15) is 23.5 Å². The average molecular weight is 335 g/mol. The van der Waals surface area contributed by atoms with Crippen molar-refractivity contribution in [2.24, 2.45) is 5.92 Å². The van der Waals surface area contributed by atoms with E-state index in [1.807, 2.05) is 0 Å². The first-order chi connectivity index (χ1) is 10.2. The molecule has 1 saturated heterocycles. The predicted molar refractivity (Wildman–Crippen MR) is 72.1 cm³/mol. The molecule has 22 heavy (non-hydrogen) atoms. The predicted octanol–water partition coefficient (Wildman–Crippen LogP) is 1.35. The lowest BCUT2D eigenvalue weighted by Gasteiger charge is -2.45. The van der Waals surface area contributed by atoms with Crippen LogP contribution in [0.3, 0.4) is 0 Å². The molecule has 2 amide bonds. The van der Waals surface area contributed by atoms with Crippen LogP contribution in [0, 0.1) is 5.92 Å². The van der Waals surface area contributed by atoms with Crippen LogP contribution >= 0.6 is 11.6 Å². The van der Waals surface area contributed by atoms with Crippen LogP contribution in [0.4, 0.5) is 13.6 Å². The van der Waals surface area contributed by atoms with E-state index in [-0.39, 0.29) is 0 Å². The van der Waals surface area contributed by atoms with Crippen molar-refractivity contribution in [3.63, 3.8) is 0 Å². The summed E-state index contributed by atoms with van der Waals surface area (Å²) in [5.74, 6) is -3.01. The zero-order valence-corrected chi connectivity index (χ0v) is 12.1. The largest absolute Gasteiger partial charge is 0.469 e. The van der Waals surface area contributed by atoms with Gasteiger partial charge in [0.2, 0.25) is 5.72 Å². The zero-order valence-electron chi connectivity index (χ0n) is 11.3. The fraction of sp³-hybridized carbons (Fsp3) is 0.385. The number of hydrogen-bond donors (Lipinski definition) is 3. The summed E-state index contributed by atoms with van der Waals surface area (Å²) in [7, 11) is 0.980. The van der Waals surface area contributed by atoms with Crippen LogP contribution in [0.15, 0.2) is 30.3 Å². The highest BCUT2D eigenvalue weighted by molar-refractivity contribution is 6.22. The minimum atomic E-state index is -4.29. The Morgan fingerprint density at radius 2 is 2.00 bits per heavy atom. The number of ether oxygens (including phenoxy) is 1. The highest BCUT2D eigenvalue weighted by atomic mass is 35.5. The Morgan fingerprint density at radius 3 is 2.50 bits per heavy atom. The van der Waals surface area contributed by atoms with Crippen molar-refractivity contribution in [3.05, 3.63) is 35.9 Å². The number of urea groups is 1. The Morgan fingerprint density at radius 1 is 1.41 bits per heavy atom. The number of benzene rings is 1. The lowest BCUT2D eigenvalue weighted by molar-refractivity contribution is -0.201. The van der Waals surface area contributed by atoms with Crippen molar-refractivity contribution in [1.82, 2.24) is 10.6 Å². The van der Waals surface area contributed by atoms with Gasteiger partial charge in [-0.3, -0.25) is 4.79 Å². The van der Waals surface area contributed by atoms with Crippen LogP contribution in [0.5, 0.6) is 0 Å². The monoisotopic (exact) mass is 334 g/mol. The second kappa shape index (κ2) is 5.69. The van der Waals surface area contributed by atoms with Gasteiger partial charge in [-0.05, 0) is 17.2 Å². The van der Waals surface area contributed by atoms with Gasteiger partial charge in [-0.25, -0.2) is 4.79 Å². The van der Waals surface area contributed by atoms with E-state index in [0.29, 0.717) is 5.56 Å². The lowest BCUT2D eigenvalue weighted by atomic mass is 9.82. The molecule has 0 bridgehead atoms. The second-order valence-corrected chi connectivity index (χ2v) is 5.23. The molecule has 1 fully saturated rings. The molecule has 0 spiro atoms. The molecule has 0 saturated carbocycles. The molecule has 0 aliphatic carbocycles. The summed E-state index contributed by atoms with van der Waals surface area (Å²) in [6.45, 7) is 0.